The van der Waals surface area contributed by atoms with Crippen molar-refractivity contribution in [1.82, 2.24) is 0 Å². The van der Waals surface area contributed by atoms with E-state index in [2.05, 4.69) is 276 Å². The average molecular weight is 838 g/mol. The van der Waals surface area contributed by atoms with Crippen molar-refractivity contribution in [2.24, 2.45) is 0 Å². The standard InChI is InChI=1S/C60H43N3S/c1-6-18-44(19-7-1)45-30-34-52(35-31-45)61(54-38-39-60-58(43-54)57-28-16-17-29-59(57)64-60)53-36-32-46(33-37-53)47-40-55(62(48-20-8-2-9-21-48)49-22-10-3-11-23-49)42-56(41-47)63(50-24-12-4-13-25-50)51-26-14-5-15-27-51/h1-43H. The molecule has 3 nitrogen and oxygen atoms in total. The van der Waals surface area contributed by atoms with Crippen molar-refractivity contribution in [2.45, 2.75) is 0 Å². The van der Waals surface area contributed by atoms with Gasteiger partial charge in [0.05, 0.1) is 0 Å². The number of anilines is 9. The quantitative estimate of drug-likeness (QED) is 0.128. The molecule has 1 aromatic heterocycles. The molecule has 4 heteroatoms. The molecular formula is C60H43N3S. The monoisotopic (exact) mass is 837 g/mol. The molecule has 0 bridgehead atoms. The van der Waals surface area contributed by atoms with E-state index >= 15 is 0 Å². The molecule has 0 aliphatic rings. The van der Waals surface area contributed by atoms with Crippen molar-refractivity contribution in [3.05, 3.63) is 261 Å². The maximum Gasteiger partial charge on any atom is 0.0488 e. The van der Waals surface area contributed by atoms with Crippen LogP contribution in [-0.4, -0.2) is 0 Å². The van der Waals surface area contributed by atoms with Gasteiger partial charge in [-0.3, -0.25) is 0 Å². The van der Waals surface area contributed by atoms with Gasteiger partial charge in [0.15, 0.2) is 0 Å². The van der Waals surface area contributed by atoms with Gasteiger partial charge in [0.25, 0.3) is 0 Å². The van der Waals surface area contributed by atoms with Gasteiger partial charge in [0, 0.05) is 71.4 Å². The largest absolute Gasteiger partial charge is 0.310 e. The molecule has 0 N–H and O–H groups in total. The van der Waals surface area contributed by atoms with Crippen LogP contribution in [0.1, 0.15) is 0 Å². The summed E-state index contributed by atoms with van der Waals surface area (Å²) in [4.78, 5) is 7.08. The minimum atomic E-state index is 1.06. The van der Waals surface area contributed by atoms with Crippen LogP contribution >= 0.6 is 11.3 Å². The van der Waals surface area contributed by atoms with Crippen molar-refractivity contribution >= 4 is 82.7 Å². The zero-order valence-electron chi connectivity index (χ0n) is 35.1. The highest BCUT2D eigenvalue weighted by atomic mass is 32.1. The number of thiophene rings is 1. The number of para-hydroxylation sites is 4. The molecule has 0 saturated heterocycles. The number of benzene rings is 10. The van der Waals surface area contributed by atoms with Gasteiger partial charge in [-0.2, -0.15) is 0 Å². The summed E-state index contributed by atoms with van der Waals surface area (Å²) in [5.41, 5.74) is 14.4. The van der Waals surface area contributed by atoms with E-state index in [0.717, 1.165) is 62.3 Å². The highest BCUT2D eigenvalue weighted by Crippen LogP contribution is 2.45. The molecule has 0 spiro atoms. The Morgan fingerprint density at radius 3 is 1.03 bits per heavy atom. The number of nitrogens with zero attached hydrogens (tertiary/aromatic N) is 3. The summed E-state index contributed by atoms with van der Waals surface area (Å²) >= 11 is 1.85. The Kier molecular flexibility index (Phi) is 10.5. The second-order valence-corrected chi connectivity index (χ2v) is 16.9. The molecule has 11 aromatic rings. The fourth-order valence-corrected chi connectivity index (χ4v) is 9.85. The Bertz CT molecular complexity index is 3120. The third-order valence-corrected chi connectivity index (χ3v) is 12.9. The second-order valence-electron chi connectivity index (χ2n) is 15.8. The van der Waals surface area contributed by atoms with Crippen LogP contribution in [0.15, 0.2) is 261 Å². The molecule has 0 atom stereocenters. The average Bonchev–Trinajstić information content (AvgIpc) is 3.74. The third-order valence-electron chi connectivity index (χ3n) is 11.8. The Hall–Kier alpha value is -8.18. The van der Waals surface area contributed by atoms with Crippen LogP contribution in [0, 0.1) is 0 Å². The molecular weight excluding hydrogens is 795 g/mol. The van der Waals surface area contributed by atoms with Crippen LogP contribution in [-0.2, 0) is 0 Å². The van der Waals surface area contributed by atoms with Crippen LogP contribution < -0.4 is 14.7 Å². The smallest absolute Gasteiger partial charge is 0.0488 e. The van der Waals surface area contributed by atoms with Crippen molar-refractivity contribution in [1.29, 1.82) is 0 Å². The molecule has 10 aromatic carbocycles. The highest BCUT2D eigenvalue weighted by molar-refractivity contribution is 7.25. The third kappa shape index (κ3) is 7.68. The normalized spacial score (nSPS) is 11.1. The van der Waals surface area contributed by atoms with Gasteiger partial charge in [-0.05, 0) is 138 Å². The second kappa shape index (κ2) is 17.3. The number of fused-ring (bicyclic) bond motifs is 3. The first-order chi connectivity index (χ1) is 31.7. The molecule has 0 fully saturated rings. The van der Waals surface area contributed by atoms with Crippen LogP contribution in [0.5, 0.6) is 0 Å². The first-order valence-corrected chi connectivity index (χ1v) is 22.5. The van der Waals surface area contributed by atoms with Crippen LogP contribution in [0.3, 0.4) is 0 Å². The van der Waals surface area contributed by atoms with E-state index < -0.39 is 0 Å². The predicted octanol–water partition coefficient (Wildman–Crippen LogP) is 17.8. The maximum atomic E-state index is 2.38. The Labute approximate surface area is 378 Å². The summed E-state index contributed by atoms with van der Waals surface area (Å²) in [6.45, 7) is 0. The Morgan fingerprint density at radius 2 is 0.547 bits per heavy atom. The van der Waals surface area contributed by atoms with Gasteiger partial charge >= 0.3 is 0 Å². The fourth-order valence-electron chi connectivity index (χ4n) is 8.76. The SMILES string of the molecule is c1ccc(-c2ccc(N(c3ccc(-c4cc(N(c5ccccc5)c5ccccc5)cc(N(c5ccccc5)c5ccccc5)c4)cc3)c3ccc4sc5ccccc5c4c3)cc2)cc1. The van der Waals surface area contributed by atoms with E-state index in [9.17, 15) is 0 Å². The molecule has 64 heavy (non-hydrogen) atoms. The number of hydrogen-bond acceptors (Lipinski definition) is 4. The molecule has 0 aliphatic heterocycles. The zero-order valence-corrected chi connectivity index (χ0v) is 35.9. The lowest BCUT2D eigenvalue weighted by Gasteiger charge is -2.30. The first kappa shape index (κ1) is 38.7. The topological polar surface area (TPSA) is 9.72 Å². The molecule has 304 valence electrons. The molecule has 1 heterocycles. The van der Waals surface area contributed by atoms with Crippen molar-refractivity contribution < 1.29 is 0 Å². The Morgan fingerprint density at radius 1 is 0.203 bits per heavy atom. The van der Waals surface area contributed by atoms with Gasteiger partial charge in [-0.25, -0.2) is 0 Å². The number of hydrogen-bond donors (Lipinski definition) is 0. The van der Waals surface area contributed by atoms with Gasteiger partial charge in [0.1, 0.15) is 0 Å². The predicted molar refractivity (Wildman–Crippen MR) is 274 cm³/mol. The summed E-state index contributed by atoms with van der Waals surface area (Å²) in [5.74, 6) is 0. The summed E-state index contributed by atoms with van der Waals surface area (Å²) in [6.07, 6.45) is 0. The van der Waals surface area contributed by atoms with E-state index in [1.807, 2.05) is 11.3 Å². The highest BCUT2D eigenvalue weighted by Gasteiger charge is 2.20. The summed E-state index contributed by atoms with van der Waals surface area (Å²) in [6, 6.07) is 93.7. The van der Waals surface area contributed by atoms with Crippen molar-refractivity contribution in [3.63, 3.8) is 0 Å². The molecule has 0 saturated carbocycles. The first-order valence-electron chi connectivity index (χ1n) is 21.7. The summed E-state index contributed by atoms with van der Waals surface area (Å²) in [5, 5.41) is 2.56. The van der Waals surface area contributed by atoms with E-state index in [1.54, 1.807) is 0 Å². The lowest BCUT2D eigenvalue weighted by atomic mass is 10.0. The van der Waals surface area contributed by atoms with Gasteiger partial charge < -0.3 is 14.7 Å². The molecule has 0 amide bonds. The zero-order chi connectivity index (χ0) is 42.7. The van der Waals surface area contributed by atoms with E-state index in [-0.39, 0.29) is 0 Å². The fraction of sp³-hybridized carbons (Fsp3) is 0. The van der Waals surface area contributed by atoms with E-state index in [0.29, 0.717) is 0 Å². The maximum absolute atomic E-state index is 2.38. The van der Waals surface area contributed by atoms with E-state index in [1.165, 1.54) is 31.3 Å². The lowest BCUT2D eigenvalue weighted by molar-refractivity contribution is 1.25. The molecule has 11 rings (SSSR count). The van der Waals surface area contributed by atoms with Gasteiger partial charge in [-0.15, -0.1) is 11.3 Å². The molecule has 0 radical (unpaired) electrons. The molecule has 0 aliphatic carbocycles. The number of rotatable bonds is 11. The van der Waals surface area contributed by atoms with Gasteiger partial charge in [-0.1, -0.05) is 146 Å². The Balaban J connectivity index is 1.06. The van der Waals surface area contributed by atoms with Crippen molar-refractivity contribution in [3.8, 4) is 22.3 Å². The summed E-state index contributed by atoms with van der Waals surface area (Å²) in [7, 11) is 0. The molecule has 0 unspecified atom stereocenters. The minimum Gasteiger partial charge on any atom is -0.310 e. The van der Waals surface area contributed by atoms with Crippen LogP contribution in [0.4, 0.5) is 51.2 Å². The van der Waals surface area contributed by atoms with Gasteiger partial charge in [0.2, 0.25) is 0 Å². The minimum absolute atomic E-state index is 1.06. The van der Waals surface area contributed by atoms with E-state index in [4.69, 9.17) is 0 Å². The van der Waals surface area contributed by atoms with Crippen LogP contribution in [0.25, 0.3) is 42.4 Å². The summed E-state index contributed by atoms with van der Waals surface area (Å²) < 4.78 is 2.59. The van der Waals surface area contributed by atoms with Crippen molar-refractivity contribution in [2.75, 3.05) is 14.7 Å². The van der Waals surface area contributed by atoms with Crippen LogP contribution in [0.2, 0.25) is 0 Å². The lowest BCUT2D eigenvalue weighted by Crippen LogP contribution is -2.13.